The van der Waals surface area contributed by atoms with E-state index in [9.17, 15) is 5.11 Å². The van der Waals surface area contributed by atoms with Gasteiger partial charge in [-0.05, 0) is 43.0 Å². The van der Waals surface area contributed by atoms with Crippen LogP contribution in [0.25, 0.3) is 0 Å². The lowest BCUT2D eigenvalue weighted by atomic mass is 10.0. The maximum absolute atomic E-state index is 10.4. The van der Waals surface area contributed by atoms with Crippen molar-refractivity contribution in [2.24, 2.45) is 0 Å². The highest BCUT2D eigenvalue weighted by atomic mass is 32.1. The van der Waals surface area contributed by atoms with E-state index < -0.39 is 0 Å². The highest BCUT2D eigenvalue weighted by Gasteiger charge is 2.24. The molecule has 0 saturated carbocycles. The van der Waals surface area contributed by atoms with Gasteiger partial charge < -0.3 is 15.3 Å². The van der Waals surface area contributed by atoms with E-state index >= 15 is 0 Å². The van der Waals surface area contributed by atoms with Gasteiger partial charge in [-0.1, -0.05) is 25.5 Å². The third kappa shape index (κ3) is 3.73. The largest absolute Gasteiger partial charge is 0.506 e. The van der Waals surface area contributed by atoms with Crippen molar-refractivity contribution in [1.82, 2.24) is 14.3 Å². The number of fused-ring (bicyclic) bond motifs is 1. The van der Waals surface area contributed by atoms with Crippen LogP contribution in [-0.4, -0.2) is 26.0 Å². The second kappa shape index (κ2) is 7.92. The molecule has 1 aliphatic heterocycles. The Kier molecular flexibility index (Phi) is 5.20. The Morgan fingerprint density at radius 2 is 2.19 bits per heavy atom. The normalized spacial score (nSPS) is 13.4. The number of anilines is 4. The van der Waals surface area contributed by atoms with Crippen LogP contribution in [0.15, 0.2) is 36.5 Å². The minimum Gasteiger partial charge on any atom is -0.506 e. The van der Waals surface area contributed by atoms with Crippen molar-refractivity contribution in [3.8, 4) is 5.75 Å². The van der Waals surface area contributed by atoms with Crippen LogP contribution in [0.1, 0.15) is 37.6 Å². The molecule has 0 amide bonds. The van der Waals surface area contributed by atoms with Gasteiger partial charge in [0.25, 0.3) is 0 Å². The zero-order valence-electron chi connectivity index (χ0n) is 15.4. The monoisotopic (exact) mass is 381 g/mol. The molecule has 3 aromatic rings. The summed E-state index contributed by atoms with van der Waals surface area (Å²) in [6, 6.07) is 9.60. The summed E-state index contributed by atoms with van der Waals surface area (Å²) in [6.07, 6.45) is 6.90. The number of phenols is 1. The molecule has 0 saturated heterocycles. The third-order valence-corrected chi connectivity index (χ3v) is 5.37. The topological polar surface area (TPSA) is 74.2 Å². The summed E-state index contributed by atoms with van der Waals surface area (Å²) in [7, 11) is 0. The molecule has 1 aliphatic rings. The van der Waals surface area contributed by atoms with E-state index in [2.05, 4.69) is 37.5 Å². The van der Waals surface area contributed by atoms with E-state index in [1.807, 2.05) is 18.2 Å². The number of unbranched alkanes of at least 4 members (excludes halogenated alkanes) is 1. The second-order valence-corrected chi connectivity index (χ2v) is 7.41. The lowest BCUT2D eigenvalue weighted by Gasteiger charge is -2.32. The van der Waals surface area contributed by atoms with Crippen molar-refractivity contribution in [3.63, 3.8) is 0 Å². The van der Waals surface area contributed by atoms with Gasteiger partial charge in [-0.3, -0.25) is 0 Å². The molecule has 140 valence electrons. The van der Waals surface area contributed by atoms with E-state index in [1.54, 1.807) is 12.3 Å². The van der Waals surface area contributed by atoms with Gasteiger partial charge in [0.2, 0.25) is 5.13 Å². The summed E-state index contributed by atoms with van der Waals surface area (Å²) in [4.78, 5) is 11.3. The number of hydrogen-bond donors (Lipinski definition) is 2. The number of aryl methyl sites for hydroxylation is 2. The molecule has 3 heterocycles. The SMILES string of the molecule is CCCCc1nsc(Nc2cccnc2N2CCCc3cccc(O)c32)n1. The Morgan fingerprint density at radius 1 is 1.26 bits per heavy atom. The second-order valence-electron chi connectivity index (χ2n) is 6.66. The first-order valence-corrected chi connectivity index (χ1v) is 10.2. The Hall–Kier alpha value is -2.67. The molecule has 0 atom stereocenters. The van der Waals surface area contributed by atoms with E-state index in [1.165, 1.54) is 11.5 Å². The molecule has 0 unspecified atom stereocenters. The fourth-order valence-electron chi connectivity index (χ4n) is 3.41. The molecule has 7 heteroatoms. The van der Waals surface area contributed by atoms with Gasteiger partial charge in [0.05, 0.1) is 11.4 Å². The number of nitrogens with zero attached hydrogens (tertiary/aromatic N) is 4. The molecular formula is C20H23N5OS. The highest BCUT2D eigenvalue weighted by Crippen LogP contribution is 2.41. The summed E-state index contributed by atoms with van der Waals surface area (Å²) in [6.45, 7) is 2.98. The van der Waals surface area contributed by atoms with E-state index in [-0.39, 0.29) is 0 Å². The van der Waals surface area contributed by atoms with Gasteiger partial charge in [-0.15, -0.1) is 0 Å². The standard InChI is InChI=1S/C20H23N5OS/c1-2-3-11-17-23-20(27-24-17)22-15-9-5-12-21-19(15)25-13-6-8-14-7-4-10-16(26)18(14)25/h4-5,7,9-10,12,26H,2-3,6,8,11,13H2,1H3,(H,22,23,24). The minimum atomic E-state index is 0.293. The Bertz CT molecular complexity index is 926. The summed E-state index contributed by atoms with van der Waals surface area (Å²) >= 11 is 1.37. The van der Waals surface area contributed by atoms with Crippen LogP contribution in [0.3, 0.4) is 0 Å². The average molecular weight is 382 g/mol. The molecule has 2 aromatic heterocycles. The maximum Gasteiger partial charge on any atom is 0.207 e. The number of pyridine rings is 1. The Morgan fingerprint density at radius 3 is 3.07 bits per heavy atom. The predicted octanol–water partition coefficient (Wildman–Crippen LogP) is 4.81. The summed E-state index contributed by atoms with van der Waals surface area (Å²) in [5.74, 6) is 1.97. The number of para-hydroxylation sites is 1. The van der Waals surface area contributed by atoms with Crippen LogP contribution in [-0.2, 0) is 12.8 Å². The van der Waals surface area contributed by atoms with Gasteiger partial charge in [-0.25, -0.2) is 9.97 Å². The number of phenolic OH excluding ortho intramolecular Hbond substituents is 1. The number of benzene rings is 1. The molecule has 0 fully saturated rings. The van der Waals surface area contributed by atoms with Crippen LogP contribution in [0, 0.1) is 0 Å². The number of hydrogen-bond acceptors (Lipinski definition) is 7. The predicted molar refractivity (Wildman–Crippen MR) is 109 cm³/mol. The number of aromatic hydroxyl groups is 1. The van der Waals surface area contributed by atoms with E-state index in [4.69, 9.17) is 0 Å². The number of aromatic nitrogens is 3. The van der Waals surface area contributed by atoms with Crippen LogP contribution in [0.2, 0.25) is 0 Å². The fraction of sp³-hybridized carbons (Fsp3) is 0.350. The number of rotatable bonds is 6. The van der Waals surface area contributed by atoms with Crippen LogP contribution >= 0.6 is 11.5 Å². The zero-order valence-corrected chi connectivity index (χ0v) is 16.2. The van der Waals surface area contributed by atoms with Crippen molar-refractivity contribution in [2.45, 2.75) is 39.0 Å². The first-order valence-electron chi connectivity index (χ1n) is 9.39. The molecule has 0 aliphatic carbocycles. The van der Waals surface area contributed by atoms with Crippen molar-refractivity contribution in [3.05, 3.63) is 47.9 Å². The molecule has 1 aromatic carbocycles. The van der Waals surface area contributed by atoms with Crippen molar-refractivity contribution < 1.29 is 5.11 Å². The lowest BCUT2D eigenvalue weighted by Crippen LogP contribution is -2.26. The molecule has 6 nitrogen and oxygen atoms in total. The Labute approximate surface area is 163 Å². The summed E-state index contributed by atoms with van der Waals surface area (Å²) < 4.78 is 4.44. The van der Waals surface area contributed by atoms with Gasteiger partial charge in [0.1, 0.15) is 11.6 Å². The molecular weight excluding hydrogens is 358 g/mol. The molecule has 2 N–H and O–H groups in total. The van der Waals surface area contributed by atoms with Gasteiger partial charge in [-0.2, -0.15) is 4.37 Å². The van der Waals surface area contributed by atoms with Crippen LogP contribution < -0.4 is 10.2 Å². The van der Waals surface area contributed by atoms with Gasteiger partial charge >= 0.3 is 0 Å². The maximum atomic E-state index is 10.4. The fourth-order valence-corrected chi connectivity index (χ4v) is 4.03. The highest BCUT2D eigenvalue weighted by molar-refractivity contribution is 7.09. The smallest absolute Gasteiger partial charge is 0.207 e. The molecule has 4 rings (SSSR count). The van der Waals surface area contributed by atoms with E-state index in [0.717, 1.165) is 72.4 Å². The zero-order chi connectivity index (χ0) is 18.6. The quantitative estimate of drug-likeness (QED) is 0.638. The number of nitrogens with one attached hydrogen (secondary N) is 1. The summed E-state index contributed by atoms with van der Waals surface area (Å²) in [5, 5.41) is 14.6. The average Bonchev–Trinajstić information content (AvgIpc) is 3.14. The minimum absolute atomic E-state index is 0.293. The van der Waals surface area contributed by atoms with Crippen molar-refractivity contribution in [1.29, 1.82) is 0 Å². The van der Waals surface area contributed by atoms with Crippen molar-refractivity contribution in [2.75, 3.05) is 16.8 Å². The van der Waals surface area contributed by atoms with Crippen LogP contribution in [0.4, 0.5) is 22.3 Å². The van der Waals surface area contributed by atoms with Gasteiger partial charge in [0, 0.05) is 30.7 Å². The molecule has 27 heavy (non-hydrogen) atoms. The molecule has 0 spiro atoms. The third-order valence-electron chi connectivity index (χ3n) is 4.70. The molecule has 0 bridgehead atoms. The summed E-state index contributed by atoms with van der Waals surface area (Å²) in [5.41, 5.74) is 2.87. The first-order chi connectivity index (χ1) is 13.3. The van der Waals surface area contributed by atoms with Crippen molar-refractivity contribution >= 4 is 33.9 Å². The Balaban J connectivity index is 1.64. The van der Waals surface area contributed by atoms with Crippen LogP contribution in [0.5, 0.6) is 5.75 Å². The lowest BCUT2D eigenvalue weighted by molar-refractivity contribution is 0.473. The van der Waals surface area contributed by atoms with Gasteiger partial charge in [0.15, 0.2) is 5.82 Å². The first kappa shape index (κ1) is 17.7. The molecule has 0 radical (unpaired) electrons. The van der Waals surface area contributed by atoms with E-state index in [0.29, 0.717) is 5.75 Å².